The van der Waals surface area contributed by atoms with Gasteiger partial charge in [-0.3, -0.25) is 9.59 Å². The van der Waals surface area contributed by atoms with E-state index in [0.29, 0.717) is 11.5 Å². The van der Waals surface area contributed by atoms with E-state index >= 15 is 0 Å². The van der Waals surface area contributed by atoms with Crippen LogP contribution in [0.1, 0.15) is 0 Å². The summed E-state index contributed by atoms with van der Waals surface area (Å²) in [7, 11) is 1.47. The molecule has 1 aromatic rings. The fourth-order valence-electron chi connectivity index (χ4n) is 1.77. The van der Waals surface area contributed by atoms with E-state index in [1.165, 1.54) is 7.11 Å². The second kappa shape index (κ2) is 5.57. The van der Waals surface area contributed by atoms with Crippen molar-refractivity contribution in [3.63, 3.8) is 0 Å². The maximum Gasteiger partial charge on any atom is 0.267 e. The molecule has 3 N–H and O–H groups in total. The van der Waals surface area contributed by atoms with Crippen LogP contribution in [0.5, 0.6) is 11.5 Å². The quantitative estimate of drug-likeness (QED) is 0.490. The number of carbonyl (C=O) groups excluding carboxylic acids is 2. The van der Waals surface area contributed by atoms with Crippen LogP contribution in [0.25, 0.3) is 0 Å². The first-order valence-corrected chi connectivity index (χ1v) is 5.69. The minimum Gasteiger partial charge on any atom is -0.493 e. The molecule has 2 atom stereocenters. The van der Waals surface area contributed by atoms with Gasteiger partial charge < -0.3 is 20.0 Å². The van der Waals surface area contributed by atoms with Crippen molar-refractivity contribution in [1.82, 2.24) is 10.8 Å². The molecule has 7 nitrogen and oxygen atoms in total. The summed E-state index contributed by atoms with van der Waals surface area (Å²) < 4.78 is 5.04. The number of nitrogens with one attached hydrogen (secondary N) is 2. The molecule has 0 bridgehead atoms. The molecule has 1 aromatic carbocycles. The van der Waals surface area contributed by atoms with Crippen molar-refractivity contribution in [2.75, 3.05) is 13.7 Å². The summed E-state index contributed by atoms with van der Waals surface area (Å²) in [6, 6.07) is 6.73. The highest BCUT2D eigenvalue weighted by Gasteiger charge is 2.39. The average Bonchev–Trinajstić information content (AvgIpc) is 2.76. The number of methoxy groups -OCH3 is 1. The lowest BCUT2D eigenvalue weighted by Gasteiger charge is -2.13. The molecule has 0 radical (unpaired) electrons. The Labute approximate surface area is 109 Å². The molecule has 0 aromatic heterocycles. The number of aliphatic hydroxyl groups is 1. The van der Waals surface area contributed by atoms with Crippen LogP contribution in [-0.2, 0) is 9.59 Å². The second-order valence-electron chi connectivity index (χ2n) is 4.01. The summed E-state index contributed by atoms with van der Waals surface area (Å²) in [5.74, 6) is -1.62. The van der Waals surface area contributed by atoms with Crippen molar-refractivity contribution in [1.29, 1.82) is 0 Å². The number of ether oxygens (including phenoxy) is 1. The number of amides is 2. The van der Waals surface area contributed by atoms with Crippen molar-refractivity contribution in [3.05, 3.63) is 24.3 Å². The van der Waals surface area contributed by atoms with E-state index in [1.807, 2.05) is 0 Å². The van der Waals surface area contributed by atoms with Gasteiger partial charge in [0.15, 0.2) is 11.5 Å². The largest absolute Gasteiger partial charge is 0.493 e. The van der Waals surface area contributed by atoms with Gasteiger partial charge in [-0.25, -0.2) is 0 Å². The molecule has 19 heavy (non-hydrogen) atoms. The second-order valence-corrected chi connectivity index (χ2v) is 4.01. The van der Waals surface area contributed by atoms with Crippen LogP contribution in [0, 0.1) is 5.92 Å². The van der Waals surface area contributed by atoms with Gasteiger partial charge in [-0.15, -0.1) is 0 Å². The lowest BCUT2D eigenvalue weighted by Crippen LogP contribution is -2.40. The summed E-state index contributed by atoms with van der Waals surface area (Å²) in [6.07, 6.45) is -1.05. The molecule has 102 valence electrons. The number of hydrogen-bond acceptors (Lipinski definition) is 5. The predicted octanol–water partition coefficient (Wildman–Crippen LogP) is -0.788. The Morgan fingerprint density at radius 1 is 1.42 bits per heavy atom. The number of hydroxylamine groups is 1. The predicted molar refractivity (Wildman–Crippen MR) is 64.3 cm³/mol. The molecule has 1 aliphatic rings. The highest BCUT2D eigenvalue weighted by atomic mass is 16.7. The molecular formula is C12H14N2O5. The van der Waals surface area contributed by atoms with Gasteiger partial charge in [-0.2, -0.15) is 5.48 Å². The fraction of sp³-hybridized carbons (Fsp3) is 0.333. The Balaban J connectivity index is 1.98. The third kappa shape index (κ3) is 2.76. The van der Waals surface area contributed by atoms with E-state index in [4.69, 9.17) is 9.57 Å². The van der Waals surface area contributed by atoms with Crippen molar-refractivity contribution in [3.8, 4) is 11.5 Å². The standard InChI is InChI=1S/C12H14N2O5/c1-18-8-4-2-3-5-9(8)19-14-12(17)10-7(15)6-13-11(10)16/h2-5,7,10,15H,6H2,1H3,(H,13,16)(H,14,17). The van der Waals surface area contributed by atoms with Gasteiger partial charge in [0.05, 0.1) is 13.2 Å². The monoisotopic (exact) mass is 266 g/mol. The smallest absolute Gasteiger partial charge is 0.267 e. The van der Waals surface area contributed by atoms with Crippen molar-refractivity contribution in [2.24, 2.45) is 5.92 Å². The lowest BCUT2D eigenvalue weighted by atomic mass is 10.1. The molecule has 2 unspecified atom stereocenters. The first-order valence-electron chi connectivity index (χ1n) is 5.69. The molecule has 2 rings (SSSR count). The minimum atomic E-state index is -1.16. The molecule has 0 spiro atoms. The van der Waals surface area contributed by atoms with Crippen LogP contribution in [0.3, 0.4) is 0 Å². The molecule has 0 saturated carbocycles. The fourth-order valence-corrected chi connectivity index (χ4v) is 1.77. The molecule has 1 fully saturated rings. The number of hydrogen-bond donors (Lipinski definition) is 3. The summed E-state index contributed by atoms with van der Waals surface area (Å²) in [4.78, 5) is 28.2. The molecule has 1 heterocycles. The van der Waals surface area contributed by atoms with E-state index in [1.54, 1.807) is 24.3 Å². The highest BCUT2D eigenvalue weighted by molar-refractivity contribution is 6.02. The van der Waals surface area contributed by atoms with Crippen molar-refractivity contribution in [2.45, 2.75) is 6.10 Å². The SMILES string of the molecule is COc1ccccc1ONC(=O)C1C(=O)NCC1O. The van der Waals surface area contributed by atoms with E-state index in [-0.39, 0.29) is 6.54 Å². The van der Waals surface area contributed by atoms with Gasteiger partial charge in [0.1, 0.15) is 5.92 Å². The van der Waals surface area contributed by atoms with E-state index < -0.39 is 23.8 Å². The van der Waals surface area contributed by atoms with Crippen LogP contribution in [0.2, 0.25) is 0 Å². The molecule has 2 amide bonds. The lowest BCUT2D eigenvalue weighted by molar-refractivity contribution is -0.140. The number of rotatable bonds is 4. The number of aliphatic hydroxyl groups excluding tert-OH is 1. The summed E-state index contributed by atoms with van der Waals surface area (Å²) in [5.41, 5.74) is 2.14. The van der Waals surface area contributed by atoms with Crippen molar-refractivity contribution < 1.29 is 24.3 Å². The summed E-state index contributed by atoms with van der Waals surface area (Å²) in [5, 5.41) is 11.9. The van der Waals surface area contributed by atoms with Crippen LogP contribution in [0.4, 0.5) is 0 Å². The van der Waals surface area contributed by atoms with Crippen LogP contribution >= 0.6 is 0 Å². The number of benzene rings is 1. The zero-order valence-electron chi connectivity index (χ0n) is 10.3. The Kier molecular flexibility index (Phi) is 3.86. The third-order valence-electron chi connectivity index (χ3n) is 2.77. The highest BCUT2D eigenvalue weighted by Crippen LogP contribution is 2.25. The normalized spacial score (nSPS) is 21.7. The molecule has 1 saturated heterocycles. The van der Waals surface area contributed by atoms with Gasteiger partial charge in [-0.05, 0) is 12.1 Å². The van der Waals surface area contributed by atoms with Crippen LogP contribution < -0.4 is 20.4 Å². The summed E-state index contributed by atoms with van der Waals surface area (Å²) >= 11 is 0. The van der Waals surface area contributed by atoms with E-state index in [2.05, 4.69) is 10.8 Å². The average molecular weight is 266 g/mol. The first-order chi connectivity index (χ1) is 9.13. The van der Waals surface area contributed by atoms with E-state index in [0.717, 1.165) is 0 Å². The Bertz CT molecular complexity index is 491. The summed E-state index contributed by atoms with van der Waals surface area (Å²) in [6.45, 7) is 0.0611. The Morgan fingerprint density at radius 2 is 2.11 bits per heavy atom. The van der Waals surface area contributed by atoms with Crippen LogP contribution in [0.15, 0.2) is 24.3 Å². The topological polar surface area (TPSA) is 96.9 Å². The van der Waals surface area contributed by atoms with Gasteiger partial charge in [0.25, 0.3) is 5.91 Å². The van der Waals surface area contributed by atoms with Gasteiger partial charge in [0.2, 0.25) is 5.91 Å². The van der Waals surface area contributed by atoms with Gasteiger partial charge >= 0.3 is 0 Å². The minimum absolute atomic E-state index is 0.0611. The first kappa shape index (κ1) is 13.2. The number of carbonyl (C=O) groups is 2. The Hall–Kier alpha value is -2.28. The van der Waals surface area contributed by atoms with Gasteiger partial charge in [-0.1, -0.05) is 12.1 Å². The maximum absolute atomic E-state index is 11.7. The van der Waals surface area contributed by atoms with Crippen LogP contribution in [-0.4, -0.2) is 36.7 Å². The van der Waals surface area contributed by atoms with Gasteiger partial charge in [0, 0.05) is 6.54 Å². The maximum atomic E-state index is 11.7. The number of para-hydroxylation sites is 2. The molecular weight excluding hydrogens is 252 g/mol. The van der Waals surface area contributed by atoms with Crippen molar-refractivity contribution >= 4 is 11.8 Å². The Morgan fingerprint density at radius 3 is 2.68 bits per heavy atom. The molecule has 7 heteroatoms. The zero-order chi connectivity index (χ0) is 13.8. The third-order valence-corrected chi connectivity index (χ3v) is 2.77. The molecule has 0 aliphatic carbocycles. The number of β-amino-alcohol motifs (C(OH)–C–C–N with tert-alkyl or cyclic N) is 1. The zero-order valence-corrected chi connectivity index (χ0v) is 10.3. The van der Waals surface area contributed by atoms with E-state index in [9.17, 15) is 14.7 Å². The molecule has 1 aliphatic heterocycles.